The van der Waals surface area contributed by atoms with E-state index < -0.39 is 0 Å². The lowest BCUT2D eigenvalue weighted by atomic mass is 10.1. The van der Waals surface area contributed by atoms with Crippen LogP contribution in [0.4, 0.5) is 0 Å². The number of ether oxygens (including phenoxy) is 2. The van der Waals surface area contributed by atoms with E-state index in [1.807, 2.05) is 7.05 Å². The van der Waals surface area contributed by atoms with Gasteiger partial charge in [-0.15, -0.1) is 0 Å². The van der Waals surface area contributed by atoms with Gasteiger partial charge in [0.05, 0.1) is 19.8 Å². The van der Waals surface area contributed by atoms with E-state index in [9.17, 15) is 4.79 Å². The predicted octanol–water partition coefficient (Wildman–Crippen LogP) is 2.57. The van der Waals surface area contributed by atoms with E-state index >= 15 is 0 Å². The van der Waals surface area contributed by atoms with Gasteiger partial charge in [-0.3, -0.25) is 4.79 Å². The second-order valence-electron chi connectivity index (χ2n) is 5.06. The third kappa shape index (κ3) is 2.83. The normalized spacial score (nSPS) is 15.8. The summed E-state index contributed by atoms with van der Waals surface area (Å²) in [5.74, 6) is 1.87. The van der Waals surface area contributed by atoms with Gasteiger partial charge in [0.25, 0.3) is 5.91 Å². The van der Waals surface area contributed by atoms with Crippen LogP contribution < -0.4 is 9.47 Å². The highest BCUT2D eigenvalue weighted by molar-refractivity contribution is 5.97. The minimum atomic E-state index is -0.0184. The molecule has 4 heteroatoms. The number of carbonyl (C=O) groups excluding carboxylic acids is 1. The molecule has 1 aromatic rings. The number of carbonyl (C=O) groups is 1. The van der Waals surface area contributed by atoms with Crippen LogP contribution in [-0.4, -0.2) is 38.1 Å². The fourth-order valence-electron chi connectivity index (χ4n) is 2.25. The molecule has 0 saturated heterocycles. The van der Waals surface area contributed by atoms with Gasteiger partial charge in [-0.25, -0.2) is 0 Å². The fourth-order valence-corrected chi connectivity index (χ4v) is 2.25. The molecule has 1 fully saturated rings. The van der Waals surface area contributed by atoms with Crippen molar-refractivity contribution < 1.29 is 14.3 Å². The Morgan fingerprint density at radius 3 is 2.53 bits per heavy atom. The van der Waals surface area contributed by atoms with Gasteiger partial charge in [0, 0.05) is 13.1 Å². The first-order valence-corrected chi connectivity index (χ1v) is 6.57. The number of amides is 1. The van der Waals surface area contributed by atoms with Gasteiger partial charge in [-0.2, -0.15) is 0 Å². The quantitative estimate of drug-likeness (QED) is 0.819. The lowest BCUT2D eigenvalue weighted by molar-refractivity contribution is 0.0723. The van der Waals surface area contributed by atoms with Crippen molar-refractivity contribution in [3.05, 3.63) is 23.8 Å². The average Bonchev–Trinajstić information content (AvgIpc) is 3.28. The molecule has 4 nitrogen and oxygen atoms in total. The summed E-state index contributed by atoms with van der Waals surface area (Å²) in [4.78, 5) is 14.4. The highest BCUT2D eigenvalue weighted by Crippen LogP contribution is 2.35. The minimum Gasteiger partial charge on any atom is -0.497 e. The van der Waals surface area contributed by atoms with Crippen molar-refractivity contribution in [3.63, 3.8) is 0 Å². The molecule has 1 amide bonds. The molecule has 0 bridgehead atoms. The Bertz CT molecular complexity index is 468. The molecule has 0 heterocycles. The third-order valence-electron chi connectivity index (χ3n) is 3.87. The summed E-state index contributed by atoms with van der Waals surface area (Å²) in [5.41, 5.74) is 0.553. The largest absolute Gasteiger partial charge is 0.497 e. The summed E-state index contributed by atoms with van der Waals surface area (Å²) in [7, 11) is 5.01. The Hall–Kier alpha value is -1.71. The zero-order valence-corrected chi connectivity index (χ0v) is 12.0. The van der Waals surface area contributed by atoms with Crippen molar-refractivity contribution in [2.75, 3.05) is 21.3 Å². The molecule has 1 saturated carbocycles. The van der Waals surface area contributed by atoms with Crippen LogP contribution in [0.15, 0.2) is 18.2 Å². The molecule has 0 radical (unpaired) electrons. The summed E-state index contributed by atoms with van der Waals surface area (Å²) < 4.78 is 10.4. The summed E-state index contributed by atoms with van der Waals surface area (Å²) in [6, 6.07) is 5.56. The van der Waals surface area contributed by atoms with Crippen LogP contribution >= 0.6 is 0 Å². The summed E-state index contributed by atoms with van der Waals surface area (Å²) >= 11 is 0. The summed E-state index contributed by atoms with van der Waals surface area (Å²) in [6.45, 7) is 2.10. The lowest BCUT2D eigenvalue weighted by Crippen LogP contribution is -2.36. The second-order valence-corrected chi connectivity index (χ2v) is 5.06. The Labute approximate surface area is 114 Å². The topological polar surface area (TPSA) is 38.8 Å². The van der Waals surface area contributed by atoms with E-state index in [1.165, 1.54) is 12.8 Å². The molecule has 1 aliphatic carbocycles. The van der Waals surface area contributed by atoms with Gasteiger partial charge >= 0.3 is 0 Å². The van der Waals surface area contributed by atoms with Crippen LogP contribution in [0.1, 0.15) is 30.1 Å². The number of hydrogen-bond donors (Lipinski definition) is 0. The van der Waals surface area contributed by atoms with Gasteiger partial charge < -0.3 is 14.4 Å². The first-order valence-electron chi connectivity index (χ1n) is 6.57. The summed E-state index contributed by atoms with van der Waals surface area (Å²) in [5, 5.41) is 0. The van der Waals surface area contributed by atoms with E-state index in [2.05, 4.69) is 6.92 Å². The van der Waals surface area contributed by atoms with Crippen molar-refractivity contribution >= 4 is 5.91 Å². The van der Waals surface area contributed by atoms with Crippen LogP contribution in [0, 0.1) is 5.92 Å². The van der Waals surface area contributed by atoms with Gasteiger partial charge in [0.2, 0.25) is 0 Å². The minimum absolute atomic E-state index is 0.0184. The maximum absolute atomic E-state index is 12.6. The summed E-state index contributed by atoms with van der Waals surface area (Å²) in [6.07, 6.45) is 2.43. The van der Waals surface area contributed by atoms with E-state index in [4.69, 9.17) is 9.47 Å². The second kappa shape index (κ2) is 5.51. The van der Waals surface area contributed by atoms with Gasteiger partial charge in [-0.1, -0.05) is 0 Å². The average molecular weight is 263 g/mol. The molecule has 1 aromatic carbocycles. The van der Waals surface area contributed by atoms with Gasteiger partial charge in [0.15, 0.2) is 0 Å². The van der Waals surface area contributed by atoms with Crippen LogP contribution in [0.25, 0.3) is 0 Å². The molecule has 0 N–H and O–H groups in total. The number of methoxy groups -OCH3 is 2. The molecule has 1 unspecified atom stereocenters. The van der Waals surface area contributed by atoms with Crippen LogP contribution in [0.5, 0.6) is 11.5 Å². The fraction of sp³-hybridized carbons (Fsp3) is 0.533. The Kier molecular flexibility index (Phi) is 3.98. The number of hydrogen-bond acceptors (Lipinski definition) is 3. The zero-order valence-electron chi connectivity index (χ0n) is 12.0. The Morgan fingerprint density at radius 1 is 1.32 bits per heavy atom. The van der Waals surface area contributed by atoms with Gasteiger partial charge in [-0.05, 0) is 43.9 Å². The molecular formula is C15H21NO3. The van der Waals surface area contributed by atoms with E-state index in [1.54, 1.807) is 37.3 Å². The van der Waals surface area contributed by atoms with Crippen LogP contribution in [-0.2, 0) is 0 Å². The van der Waals surface area contributed by atoms with Crippen molar-refractivity contribution in [1.29, 1.82) is 0 Å². The smallest absolute Gasteiger partial charge is 0.257 e. The zero-order chi connectivity index (χ0) is 14.0. The van der Waals surface area contributed by atoms with Crippen molar-refractivity contribution in [1.82, 2.24) is 4.90 Å². The monoisotopic (exact) mass is 263 g/mol. The van der Waals surface area contributed by atoms with Gasteiger partial charge in [0.1, 0.15) is 11.5 Å². The molecule has 1 aliphatic rings. The molecule has 2 rings (SSSR count). The predicted molar refractivity (Wildman–Crippen MR) is 73.8 cm³/mol. The molecular weight excluding hydrogens is 242 g/mol. The third-order valence-corrected chi connectivity index (χ3v) is 3.87. The maximum atomic E-state index is 12.6. The van der Waals surface area contributed by atoms with Crippen molar-refractivity contribution in [3.8, 4) is 11.5 Å². The van der Waals surface area contributed by atoms with Crippen LogP contribution in [0.2, 0.25) is 0 Å². The molecule has 0 aliphatic heterocycles. The molecule has 19 heavy (non-hydrogen) atoms. The van der Waals surface area contributed by atoms with E-state index in [0.29, 0.717) is 23.0 Å². The first kappa shape index (κ1) is 13.7. The lowest BCUT2D eigenvalue weighted by Gasteiger charge is -2.25. The molecule has 0 aromatic heterocycles. The van der Waals surface area contributed by atoms with Crippen molar-refractivity contribution in [2.45, 2.75) is 25.8 Å². The Morgan fingerprint density at radius 2 is 2.00 bits per heavy atom. The first-order chi connectivity index (χ1) is 9.08. The highest BCUT2D eigenvalue weighted by atomic mass is 16.5. The molecule has 0 spiro atoms. The van der Waals surface area contributed by atoms with Crippen molar-refractivity contribution in [2.24, 2.45) is 5.92 Å². The van der Waals surface area contributed by atoms with Crippen LogP contribution in [0.3, 0.4) is 0 Å². The maximum Gasteiger partial charge on any atom is 0.257 e. The number of benzene rings is 1. The molecule has 104 valence electrons. The van der Waals surface area contributed by atoms with E-state index in [-0.39, 0.29) is 11.9 Å². The molecule has 1 atom stereocenters. The standard InChI is InChI=1S/C15H21NO3/c1-10(11-5-6-11)16(2)15(17)13-9-12(18-3)7-8-14(13)19-4/h7-11H,5-6H2,1-4H3. The number of rotatable bonds is 5. The SMILES string of the molecule is COc1ccc(OC)c(C(=O)N(C)C(C)C2CC2)c1. The Balaban J connectivity index is 2.25. The highest BCUT2D eigenvalue weighted by Gasteiger charge is 2.33. The van der Waals surface area contributed by atoms with E-state index in [0.717, 1.165) is 0 Å². The number of nitrogens with zero attached hydrogens (tertiary/aromatic N) is 1.